The normalized spacial score (nSPS) is 10.2. The van der Waals surface area contributed by atoms with Crippen molar-refractivity contribution < 1.29 is 14.3 Å². The van der Waals surface area contributed by atoms with E-state index in [4.69, 9.17) is 9.47 Å². The first kappa shape index (κ1) is 13.9. The Morgan fingerprint density at radius 1 is 1.30 bits per heavy atom. The van der Waals surface area contributed by atoms with Gasteiger partial charge in [0.05, 0.1) is 31.2 Å². The van der Waals surface area contributed by atoms with E-state index in [2.05, 4.69) is 10.4 Å². The Bertz CT molecular complexity index is 635. The van der Waals surface area contributed by atoms with Gasteiger partial charge in [-0.3, -0.25) is 9.48 Å². The summed E-state index contributed by atoms with van der Waals surface area (Å²) in [5, 5.41) is 6.96. The fourth-order valence-corrected chi connectivity index (χ4v) is 1.92. The Morgan fingerprint density at radius 2 is 2.05 bits per heavy atom. The molecule has 1 heterocycles. The van der Waals surface area contributed by atoms with Crippen LogP contribution >= 0.6 is 0 Å². The molecule has 1 N–H and O–H groups in total. The zero-order chi connectivity index (χ0) is 14.7. The molecule has 6 heteroatoms. The van der Waals surface area contributed by atoms with Crippen molar-refractivity contribution in [2.75, 3.05) is 19.5 Å². The van der Waals surface area contributed by atoms with Gasteiger partial charge in [-0.25, -0.2) is 0 Å². The summed E-state index contributed by atoms with van der Waals surface area (Å²) >= 11 is 0. The maximum Gasteiger partial charge on any atom is 0.259 e. The molecule has 0 aliphatic carbocycles. The van der Waals surface area contributed by atoms with Crippen LogP contribution in [-0.4, -0.2) is 29.9 Å². The first-order valence-electron chi connectivity index (χ1n) is 6.08. The average Bonchev–Trinajstić information content (AvgIpc) is 2.77. The number of carbonyl (C=O) groups excluding carboxylic acids is 1. The monoisotopic (exact) mass is 275 g/mol. The third kappa shape index (κ3) is 2.74. The van der Waals surface area contributed by atoms with Crippen LogP contribution in [0.15, 0.2) is 24.4 Å². The van der Waals surface area contributed by atoms with Crippen LogP contribution in [-0.2, 0) is 7.05 Å². The van der Waals surface area contributed by atoms with Crippen LogP contribution in [0.2, 0.25) is 0 Å². The molecule has 0 atom stereocenters. The molecule has 0 aliphatic heterocycles. The summed E-state index contributed by atoms with van der Waals surface area (Å²) in [5.74, 6) is 0.979. The second-order valence-corrected chi connectivity index (χ2v) is 4.32. The number of amides is 1. The average molecular weight is 275 g/mol. The highest BCUT2D eigenvalue weighted by Gasteiger charge is 2.15. The van der Waals surface area contributed by atoms with Gasteiger partial charge in [0.2, 0.25) is 0 Å². The number of aryl methyl sites for hydroxylation is 2. The second-order valence-electron chi connectivity index (χ2n) is 4.32. The molecular weight excluding hydrogens is 258 g/mol. The number of hydrogen-bond acceptors (Lipinski definition) is 4. The van der Waals surface area contributed by atoms with Crippen molar-refractivity contribution in [1.29, 1.82) is 0 Å². The molecule has 106 valence electrons. The van der Waals surface area contributed by atoms with E-state index in [9.17, 15) is 4.79 Å². The number of nitrogens with one attached hydrogen (secondary N) is 1. The molecule has 0 radical (unpaired) electrons. The predicted molar refractivity (Wildman–Crippen MR) is 75.4 cm³/mol. The van der Waals surface area contributed by atoms with Crippen LogP contribution in [0, 0.1) is 6.92 Å². The highest BCUT2D eigenvalue weighted by molar-refractivity contribution is 6.05. The van der Waals surface area contributed by atoms with Crippen LogP contribution in [0.5, 0.6) is 11.5 Å². The Labute approximate surface area is 117 Å². The van der Waals surface area contributed by atoms with Gasteiger partial charge in [-0.2, -0.15) is 5.10 Å². The summed E-state index contributed by atoms with van der Waals surface area (Å²) in [6.07, 6.45) is 1.68. The van der Waals surface area contributed by atoms with Gasteiger partial charge in [-0.05, 0) is 19.1 Å². The van der Waals surface area contributed by atoms with Crippen LogP contribution in [0.25, 0.3) is 0 Å². The van der Waals surface area contributed by atoms with E-state index in [1.807, 2.05) is 0 Å². The minimum atomic E-state index is -0.234. The van der Waals surface area contributed by atoms with E-state index in [1.54, 1.807) is 57.3 Å². The molecule has 1 aromatic carbocycles. The van der Waals surface area contributed by atoms with E-state index in [1.165, 1.54) is 0 Å². The summed E-state index contributed by atoms with van der Waals surface area (Å²) in [4.78, 5) is 12.3. The lowest BCUT2D eigenvalue weighted by atomic mass is 10.2. The van der Waals surface area contributed by atoms with Crippen LogP contribution < -0.4 is 14.8 Å². The van der Waals surface area contributed by atoms with Crippen molar-refractivity contribution in [1.82, 2.24) is 9.78 Å². The quantitative estimate of drug-likeness (QED) is 0.926. The molecule has 1 amide bonds. The molecule has 2 rings (SSSR count). The maximum atomic E-state index is 12.3. The fourth-order valence-electron chi connectivity index (χ4n) is 1.92. The van der Waals surface area contributed by atoms with Gasteiger partial charge >= 0.3 is 0 Å². The van der Waals surface area contributed by atoms with Gasteiger partial charge in [0.15, 0.2) is 0 Å². The first-order valence-corrected chi connectivity index (χ1v) is 6.08. The molecular formula is C14H17N3O3. The number of benzene rings is 1. The molecule has 20 heavy (non-hydrogen) atoms. The minimum absolute atomic E-state index is 0.234. The van der Waals surface area contributed by atoms with Crippen molar-refractivity contribution >= 4 is 11.6 Å². The van der Waals surface area contributed by atoms with E-state index < -0.39 is 0 Å². The molecule has 0 bridgehead atoms. The summed E-state index contributed by atoms with van der Waals surface area (Å²) in [5.41, 5.74) is 1.75. The summed E-state index contributed by atoms with van der Waals surface area (Å²) in [7, 11) is 4.89. The van der Waals surface area contributed by atoms with Gasteiger partial charge in [-0.1, -0.05) is 0 Å². The summed E-state index contributed by atoms with van der Waals surface area (Å²) in [6, 6.07) is 5.22. The van der Waals surface area contributed by atoms with Crippen LogP contribution in [0.1, 0.15) is 16.1 Å². The van der Waals surface area contributed by atoms with E-state index in [0.29, 0.717) is 28.4 Å². The molecule has 0 saturated carbocycles. The van der Waals surface area contributed by atoms with E-state index >= 15 is 0 Å². The maximum absolute atomic E-state index is 12.3. The van der Waals surface area contributed by atoms with Crippen LogP contribution in [0.3, 0.4) is 0 Å². The lowest BCUT2D eigenvalue weighted by Gasteiger charge is -2.11. The lowest BCUT2D eigenvalue weighted by Crippen LogP contribution is -2.13. The number of ether oxygens (including phenoxy) is 2. The summed E-state index contributed by atoms with van der Waals surface area (Å²) in [6.45, 7) is 1.79. The summed E-state index contributed by atoms with van der Waals surface area (Å²) < 4.78 is 12.0. The molecule has 0 unspecified atom stereocenters. The standard InChI is InChI=1S/C14H17N3O3/c1-9-11(8-17(2)16-9)14(18)15-12-7-10(19-3)5-6-13(12)20-4/h5-8H,1-4H3,(H,15,18). The number of anilines is 1. The smallest absolute Gasteiger partial charge is 0.259 e. The Kier molecular flexibility index (Phi) is 3.93. The number of aromatic nitrogens is 2. The van der Waals surface area contributed by atoms with Crippen molar-refractivity contribution in [3.63, 3.8) is 0 Å². The molecule has 6 nitrogen and oxygen atoms in total. The zero-order valence-electron chi connectivity index (χ0n) is 11.9. The predicted octanol–water partition coefficient (Wildman–Crippen LogP) is 2.00. The molecule has 0 spiro atoms. The zero-order valence-corrected chi connectivity index (χ0v) is 11.9. The number of nitrogens with zero attached hydrogens (tertiary/aromatic N) is 2. The van der Waals surface area contributed by atoms with Crippen LogP contribution in [0.4, 0.5) is 5.69 Å². The van der Waals surface area contributed by atoms with Crippen molar-refractivity contribution in [3.05, 3.63) is 35.7 Å². The Hall–Kier alpha value is -2.50. The van der Waals surface area contributed by atoms with Crippen molar-refractivity contribution in [2.45, 2.75) is 6.92 Å². The third-order valence-corrected chi connectivity index (χ3v) is 2.91. The van der Waals surface area contributed by atoms with Gasteiger partial charge < -0.3 is 14.8 Å². The third-order valence-electron chi connectivity index (χ3n) is 2.91. The highest BCUT2D eigenvalue weighted by atomic mass is 16.5. The SMILES string of the molecule is COc1ccc(OC)c(NC(=O)c2cn(C)nc2C)c1. The Balaban J connectivity index is 2.29. The van der Waals surface area contributed by atoms with Crippen molar-refractivity contribution in [3.8, 4) is 11.5 Å². The molecule has 2 aromatic rings. The number of rotatable bonds is 4. The van der Waals surface area contributed by atoms with Gasteiger partial charge in [0.25, 0.3) is 5.91 Å². The molecule has 1 aromatic heterocycles. The topological polar surface area (TPSA) is 65.4 Å². The van der Waals surface area contributed by atoms with Gasteiger partial charge in [0.1, 0.15) is 11.5 Å². The van der Waals surface area contributed by atoms with Crippen molar-refractivity contribution in [2.24, 2.45) is 7.05 Å². The van der Waals surface area contributed by atoms with E-state index in [0.717, 1.165) is 0 Å². The molecule has 0 fully saturated rings. The largest absolute Gasteiger partial charge is 0.497 e. The second kappa shape index (κ2) is 5.64. The highest BCUT2D eigenvalue weighted by Crippen LogP contribution is 2.29. The minimum Gasteiger partial charge on any atom is -0.497 e. The molecule has 0 aliphatic rings. The first-order chi connectivity index (χ1) is 9.55. The van der Waals surface area contributed by atoms with E-state index in [-0.39, 0.29) is 5.91 Å². The fraction of sp³-hybridized carbons (Fsp3) is 0.286. The van der Waals surface area contributed by atoms with Gasteiger partial charge in [0, 0.05) is 19.3 Å². The van der Waals surface area contributed by atoms with Gasteiger partial charge in [-0.15, -0.1) is 0 Å². The number of hydrogen-bond donors (Lipinski definition) is 1. The molecule has 0 saturated heterocycles. The lowest BCUT2D eigenvalue weighted by molar-refractivity contribution is 0.102. The Morgan fingerprint density at radius 3 is 2.60 bits per heavy atom. The number of carbonyl (C=O) groups is 1. The number of methoxy groups -OCH3 is 2.